The van der Waals surface area contributed by atoms with E-state index in [-0.39, 0.29) is 0 Å². The monoisotopic (exact) mass is 249 g/mol. The molecule has 0 amide bonds. The van der Waals surface area contributed by atoms with Gasteiger partial charge in [-0.05, 0) is 55.9 Å². The smallest absolute Gasteiger partial charge is 0.118 e. The molecule has 0 heterocycles. The second kappa shape index (κ2) is 6.67. The fraction of sp³-hybridized carbons (Fsp3) is 0.625. The summed E-state index contributed by atoms with van der Waals surface area (Å²) in [6.45, 7) is 10.8. The van der Waals surface area contributed by atoms with E-state index < -0.39 is 0 Å². The quantitative estimate of drug-likeness (QED) is 0.720. The Hall–Kier alpha value is -1.18. The van der Waals surface area contributed by atoms with Crippen molar-refractivity contribution in [1.82, 2.24) is 0 Å². The van der Waals surface area contributed by atoms with Gasteiger partial charge < -0.3 is 10.4 Å². The number of phenolic OH excluding ortho intramolecular Hbond substituents is 1. The fourth-order valence-corrected chi connectivity index (χ4v) is 2.16. The van der Waals surface area contributed by atoms with Crippen LogP contribution in [0.1, 0.15) is 51.2 Å². The van der Waals surface area contributed by atoms with Gasteiger partial charge in [-0.25, -0.2) is 0 Å². The second-order valence-corrected chi connectivity index (χ2v) is 5.45. The molecule has 0 aromatic heterocycles. The number of hydrogen-bond acceptors (Lipinski definition) is 2. The van der Waals surface area contributed by atoms with Gasteiger partial charge in [-0.15, -0.1) is 0 Å². The third-order valence-electron chi connectivity index (χ3n) is 3.78. The summed E-state index contributed by atoms with van der Waals surface area (Å²) in [5.41, 5.74) is 3.20. The third-order valence-corrected chi connectivity index (χ3v) is 3.78. The Morgan fingerprint density at radius 3 is 2.33 bits per heavy atom. The number of rotatable bonds is 6. The van der Waals surface area contributed by atoms with E-state index in [0.29, 0.717) is 11.8 Å². The molecule has 2 N–H and O–H groups in total. The highest BCUT2D eigenvalue weighted by Crippen LogP contribution is 2.27. The van der Waals surface area contributed by atoms with Gasteiger partial charge in [0.2, 0.25) is 0 Å². The lowest BCUT2D eigenvalue weighted by molar-refractivity contribution is 0.460. The minimum absolute atomic E-state index is 0.382. The van der Waals surface area contributed by atoms with Crippen LogP contribution in [0, 0.1) is 19.8 Å². The maximum absolute atomic E-state index is 9.67. The van der Waals surface area contributed by atoms with Crippen molar-refractivity contribution in [2.45, 2.75) is 59.9 Å². The van der Waals surface area contributed by atoms with Crippen LogP contribution in [0.4, 0.5) is 5.69 Å². The summed E-state index contributed by atoms with van der Waals surface area (Å²) < 4.78 is 0. The van der Waals surface area contributed by atoms with Gasteiger partial charge in [0.15, 0.2) is 0 Å². The van der Waals surface area contributed by atoms with Gasteiger partial charge in [-0.1, -0.05) is 27.2 Å². The first-order chi connectivity index (χ1) is 8.47. The molecule has 0 aliphatic rings. The lowest BCUT2D eigenvalue weighted by Gasteiger charge is -2.23. The standard InChI is InChI=1S/C16H27NO/c1-6-11(3)8-14(7-2)17-15-9-13(5)16(18)10-12(15)4/h9-11,14,17-18H,6-8H2,1-5H3. The van der Waals surface area contributed by atoms with Crippen LogP contribution in [0.3, 0.4) is 0 Å². The van der Waals surface area contributed by atoms with E-state index in [2.05, 4.69) is 26.1 Å². The van der Waals surface area contributed by atoms with Crippen LogP contribution in [0.5, 0.6) is 5.75 Å². The van der Waals surface area contributed by atoms with Crippen LogP contribution in [0.2, 0.25) is 0 Å². The number of nitrogens with one attached hydrogen (secondary N) is 1. The number of hydrogen-bond donors (Lipinski definition) is 2. The van der Waals surface area contributed by atoms with Crippen molar-refractivity contribution in [1.29, 1.82) is 0 Å². The Bertz CT molecular complexity index is 387. The van der Waals surface area contributed by atoms with Crippen LogP contribution < -0.4 is 5.32 Å². The molecule has 1 rings (SSSR count). The van der Waals surface area contributed by atoms with Crippen molar-refractivity contribution in [3.8, 4) is 5.75 Å². The summed E-state index contributed by atoms with van der Waals surface area (Å²) in [5, 5.41) is 13.3. The molecule has 0 aliphatic carbocycles. The molecule has 0 spiro atoms. The van der Waals surface area contributed by atoms with Crippen LogP contribution in [0.15, 0.2) is 12.1 Å². The largest absolute Gasteiger partial charge is 0.508 e. The number of aromatic hydroxyl groups is 1. The molecule has 2 heteroatoms. The van der Waals surface area contributed by atoms with E-state index in [1.165, 1.54) is 12.8 Å². The zero-order chi connectivity index (χ0) is 13.7. The van der Waals surface area contributed by atoms with Gasteiger partial charge in [0, 0.05) is 11.7 Å². The molecule has 2 atom stereocenters. The molecular formula is C16H27NO. The number of anilines is 1. The zero-order valence-electron chi connectivity index (χ0n) is 12.4. The van der Waals surface area contributed by atoms with E-state index in [1.54, 1.807) is 0 Å². The molecule has 1 aromatic carbocycles. The predicted molar refractivity (Wildman–Crippen MR) is 79.4 cm³/mol. The SMILES string of the molecule is CCC(C)CC(CC)Nc1cc(C)c(O)cc1C. The van der Waals surface area contributed by atoms with Gasteiger partial charge in [-0.3, -0.25) is 0 Å². The van der Waals surface area contributed by atoms with Crippen molar-refractivity contribution < 1.29 is 5.11 Å². The van der Waals surface area contributed by atoms with Crippen LogP contribution in [-0.4, -0.2) is 11.1 Å². The number of phenols is 1. The zero-order valence-corrected chi connectivity index (χ0v) is 12.4. The molecule has 0 saturated heterocycles. The first-order valence-corrected chi connectivity index (χ1v) is 7.04. The number of aryl methyl sites for hydroxylation is 2. The van der Waals surface area contributed by atoms with E-state index >= 15 is 0 Å². The van der Waals surface area contributed by atoms with Crippen molar-refractivity contribution in [3.05, 3.63) is 23.3 Å². The van der Waals surface area contributed by atoms with E-state index in [1.807, 2.05) is 26.0 Å². The average molecular weight is 249 g/mol. The van der Waals surface area contributed by atoms with Gasteiger partial charge in [0.05, 0.1) is 0 Å². The minimum Gasteiger partial charge on any atom is -0.508 e. The van der Waals surface area contributed by atoms with Gasteiger partial charge in [0.1, 0.15) is 5.75 Å². The van der Waals surface area contributed by atoms with Crippen molar-refractivity contribution in [2.75, 3.05) is 5.32 Å². The molecule has 0 saturated carbocycles. The first kappa shape index (κ1) is 14.9. The normalized spacial score (nSPS) is 14.3. The molecule has 18 heavy (non-hydrogen) atoms. The first-order valence-electron chi connectivity index (χ1n) is 7.04. The summed E-state index contributed by atoms with van der Waals surface area (Å²) in [7, 11) is 0. The molecule has 102 valence electrons. The molecule has 0 bridgehead atoms. The highest BCUT2D eigenvalue weighted by Gasteiger charge is 2.12. The van der Waals surface area contributed by atoms with Crippen LogP contribution in [-0.2, 0) is 0 Å². The third kappa shape index (κ3) is 3.94. The molecule has 0 radical (unpaired) electrons. The molecular weight excluding hydrogens is 222 g/mol. The predicted octanol–water partition coefficient (Wildman–Crippen LogP) is 4.64. The van der Waals surface area contributed by atoms with E-state index in [4.69, 9.17) is 0 Å². The topological polar surface area (TPSA) is 32.3 Å². The Morgan fingerprint density at radius 2 is 1.78 bits per heavy atom. The fourth-order valence-electron chi connectivity index (χ4n) is 2.16. The maximum Gasteiger partial charge on any atom is 0.118 e. The number of benzene rings is 1. The van der Waals surface area contributed by atoms with E-state index in [9.17, 15) is 5.11 Å². The van der Waals surface area contributed by atoms with Crippen LogP contribution in [0.25, 0.3) is 0 Å². The van der Waals surface area contributed by atoms with Crippen molar-refractivity contribution in [2.24, 2.45) is 5.92 Å². The summed E-state index contributed by atoms with van der Waals surface area (Å²) in [5.74, 6) is 1.13. The highest BCUT2D eigenvalue weighted by molar-refractivity contribution is 5.57. The van der Waals surface area contributed by atoms with Crippen molar-refractivity contribution in [3.63, 3.8) is 0 Å². The van der Waals surface area contributed by atoms with Gasteiger partial charge in [0.25, 0.3) is 0 Å². The maximum atomic E-state index is 9.67. The molecule has 0 fully saturated rings. The summed E-state index contributed by atoms with van der Waals surface area (Å²) in [4.78, 5) is 0. The lowest BCUT2D eigenvalue weighted by atomic mass is 9.97. The lowest BCUT2D eigenvalue weighted by Crippen LogP contribution is -2.21. The van der Waals surface area contributed by atoms with E-state index in [0.717, 1.165) is 29.2 Å². The molecule has 2 nitrogen and oxygen atoms in total. The highest BCUT2D eigenvalue weighted by atomic mass is 16.3. The summed E-state index contributed by atoms with van der Waals surface area (Å²) in [6, 6.07) is 4.40. The van der Waals surface area contributed by atoms with Gasteiger partial charge >= 0.3 is 0 Å². The Labute approximate surface area is 111 Å². The Morgan fingerprint density at radius 1 is 1.11 bits per heavy atom. The Kier molecular flexibility index (Phi) is 5.52. The summed E-state index contributed by atoms with van der Waals surface area (Å²) >= 11 is 0. The summed E-state index contributed by atoms with van der Waals surface area (Å²) in [6.07, 6.45) is 3.56. The second-order valence-electron chi connectivity index (χ2n) is 5.45. The minimum atomic E-state index is 0.382. The van der Waals surface area contributed by atoms with Crippen LogP contribution >= 0.6 is 0 Å². The molecule has 2 unspecified atom stereocenters. The molecule has 0 aliphatic heterocycles. The Balaban J connectivity index is 2.78. The van der Waals surface area contributed by atoms with Gasteiger partial charge in [-0.2, -0.15) is 0 Å². The molecule has 1 aromatic rings. The average Bonchev–Trinajstić information content (AvgIpc) is 2.34. The van der Waals surface area contributed by atoms with Crippen molar-refractivity contribution >= 4 is 5.69 Å².